The Kier molecular flexibility index (Phi) is 7.42. The topological polar surface area (TPSA) is 48.0 Å². The molecule has 0 atom stereocenters. The maximum Gasteiger partial charge on any atom is 0.162 e. The molecule has 0 radical (unpaired) electrons. The van der Waals surface area contributed by atoms with Gasteiger partial charge in [0.2, 0.25) is 0 Å². The largest absolute Gasteiger partial charge is 0.294 e. The smallest absolute Gasteiger partial charge is 0.162 e. The van der Waals surface area contributed by atoms with E-state index in [1.807, 2.05) is 18.2 Å². The highest BCUT2D eigenvalue weighted by molar-refractivity contribution is 6.10. The molecule has 4 heterocycles. The van der Waals surface area contributed by atoms with E-state index in [9.17, 15) is 0 Å². The predicted molar refractivity (Wildman–Crippen MR) is 230 cm³/mol. The third-order valence-electron chi connectivity index (χ3n) is 10.7. The molecule has 11 aromatic rings. The van der Waals surface area contributed by atoms with Crippen LogP contribution in [-0.4, -0.2) is 24.1 Å². The van der Waals surface area contributed by atoms with Crippen molar-refractivity contribution in [3.8, 4) is 62.1 Å². The normalized spacial score (nSPS) is 11.6. The van der Waals surface area contributed by atoms with Crippen LogP contribution in [0.15, 0.2) is 200 Å². The molecule has 7 aromatic carbocycles. The van der Waals surface area contributed by atoms with Gasteiger partial charge in [-0.15, -0.1) is 0 Å². The molecule has 5 nitrogen and oxygen atoms in total. The van der Waals surface area contributed by atoms with E-state index in [0.717, 1.165) is 83.6 Å². The molecular formula is C51H33N5. The van der Waals surface area contributed by atoms with Crippen molar-refractivity contribution in [1.82, 2.24) is 24.1 Å². The Labute approximate surface area is 323 Å². The van der Waals surface area contributed by atoms with Gasteiger partial charge in [-0.2, -0.15) is 5.10 Å². The average Bonchev–Trinajstić information content (AvgIpc) is 3.85. The fourth-order valence-corrected chi connectivity index (χ4v) is 8.19. The maximum atomic E-state index is 5.44. The molecule has 0 aliphatic carbocycles. The van der Waals surface area contributed by atoms with Gasteiger partial charge < -0.3 is 0 Å². The highest BCUT2D eigenvalue weighted by atomic mass is 15.2. The van der Waals surface area contributed by atoms with E-state index >= 15 is 0 Å². The summed E-state index contributed by atoms with van der Waals surface area (Å²) in [4.78, 5) is 10.5. The minimum atomic E-state index is 0.671. The highest BCUT2D eigenvalue weighted by Crippen LogP contribution is 2.42. The molecule has 0 aliphatic heterocycles. The Morgan fingerprint density at radius 3 is 1.64 bits per heavy atom. The average molecular weight is 716 g/mol. The Balaban J connectivity index is 1.18. The summed E-state index contributed by atoms with van der Waals surface area (Å²) < 4.78 is 4.41. The second-order valence-electron chi connectivity index (χ2n) is 14.1. The number of para-hydroxylation sites is 2. The summed E-state index contributed by atoms with van der Waals surface area (Å²) in [5.41, 5.74) is 12.3. The number of benzene rings is 7. The fraction of sp³-hybridized carbons (Fsp3) is 0. The zero-order chi connectivity index (χ0) is 37.0. The molecule has 0 unspecified atom stereocenters. The first kappa shape index (κ1) is 31.9. The van der Waals surface area contributed by atoms with Crippen molar-refractivity contribution >= 4 is 38.1 Å². The Morgan fingerprint density at radius 2 is 0.946 bits per heavy atom. The van der Waals surface area contributed by atoms with Crippen LogP contribution in [-0.2, 0) is 0 Å². The van der Waals surface area contributed by atoms with Crippen LogP contribution >= 0.6 is 0 Å². The van der Waals surface area contributed by atoms with Gasteiger partial charge in [-0.05, 0) is 35.2 Å². The van der Waals surface area contributed by atoms with Gasteiger partial charge in [0.15, 0.2) is 5.82 Å². The monoisotopic (exact) mass is 715 g/mol. The summed E-state index contributed by atoms with van der Waals surface area (Å²) in [5.74, 6) is 1.49. The van der Waals surface area contributed by atoms with E-state index in [4.69, 9.17) is 15.1 Å². The Hall–Kier alpha value is -7.63. The van der Waals surface area contributed by atoms with Gasteiger partial charge in [0, 0.05) is 50.0 Å². The lowest BCUT2D eigenvalue weighted by molar-refractivity contribution is 0.979. The molecule has 11 rings (SSSR count). The van der Waals surface area contributed by atoms with Crippen molar-refractivity contribution < 1.29 is 0 Å². The summed E-state index contributed by atoms with van der Waals surface area (Å²) in [5, 5.41) is 10.1. The minimum Gasteiger partial charge on any atom is -0.294 e. The first-order valence-electron chi connectivity index (χ1n) is 18.9. The zero-order valence-corrected chi connectivity index (χ0v) is 30.3. The number of hydrogen-bond acceptors (Lipinski definition) is 3. The third-order valence-corrected chi connectivity index (χ3v) is 10.7. The van der Waals surface area contributed by atoms with Crippen molar-refractivity contribution in [2.75, 3.05) is 0 Å². The second kappa shape index (κ2) is 13.0. The maximum absolute atomic E-state index is 5.44. The summed E-state index contributed by atoms with van der Waals surface area (Å²) in [7, 11) is 0. The van der Waals surface area contributed by atoms with Gasteiger partial charge in [0.25, 0.3) is 0 Å². The van der Waals surface area contributed by atoms with E-state index in [-0.39, 0.29) is 0 Å². The quantitative estimate of drug-likeness (QED) is 0.172. The van der Waals surface area contributed by atoms with Gasteiger partial charge in [-0.25, -0.2) is 14.5 Å². The van der Waals surface area contributed by atoms with Crippen LogP contribution in [0.1, 0.15) is 0 Å². The summed E-state index contributed by atoms with van der Waals surface area (Å²) >= 11 is 0. The number of hydrogen-bond donors (Lipinski definition) is 0. The molecule has 56 heavy (non-hydrogen) atoms. The van der Waals surface area contributed by atoms with Crippen LogP contribution in [0.2, 0.25) is 0 Å². The first-order valence-corrected chi connectivity index (χ1v) is 18.9. The molecule has 0 fully saturated rings. The van der Waals surface area contributed by atoms with E-state index < -0.39 is 0 Å². The highest BCUT2D eigenvalue weighted by Gasteiger charge is 2.23. The number of aromatic nitrogens is 5. The van der Waals surface area contributed by atoms with Gasteiger partial charge in [0.1, 0.15) is 11.5 Å². The fourth-order valence-electron chi connectivity index (χ4n) is 8.19. The van der Waals surface area contributed by atoms with Crippen LogP contribution in [0.4, 0.5) is 0 Å². The van der Waals surface area contributed by atoms with Gasteiger partial charge >= 0.3 is 0 Å². The van der Waals surface area contributed by atoms with Crippen LogP contribution in [0.25, 0.3) is 100 Å². The summed E-state index contributed by atoms with van der Waals surface area (Å²) in [6.07, 6.45) is 0. The van der Waals surface area contributed by atoms with Gasteiger partial charge in [-0.1, -0.05) is 170 Å². The van der Waals surface area contributed by atoms with Crippen LogP contribution in [0, 0.1) is 0 Å². The number of nitrogens with zero attached hydrogens (tertiary/aromatic N) is 5. The lowest BCUT2D eigenvalue weighted by Crippen LogP contribution is -2.02. The lowest BCUT2D eigenvalue weighted by Gasteiger charge is -2.13. The van der Waals surface area contributed by atoms with E-state index in [1.165, 1.54) is 10.8 Å². The molecule has 0 saturated carbocycles. The molecular weight excluding hydrogens is 683 g/mol. The molecule has 0 amide bonds. The van der Waals surface area contributed by atoms with Crippen LogP contribution in [0.3, 0.4) is 0 Å². The molecule has 4 aromatic heterocycles. The molecule has 0 bridgehead atoms. The van der Waals surface area contributed by atoms with Crippen LogP contribution in [0.5, 0.6) is 0 Å². The molecule has 0 saturated heterocycles. The first-order chi connectivity index (χ1) is 27.8. The molecule has 0 aliphatic rings. The van der Waals surface area contributed by atoms with Crippen molar-refractivity contribution in [1.29, 1.82) is 0 Å². The van der Waals surface area contributed by atoms with Crippen LogP contribution < -0.4 is 0 Å². The molecule has 0 N–H and O–H groups in total. The van der Waals surface area contributed by atoms with E-state index in [1.54, 1.807) is 0 Å². The van der Waals surface area contributed by atoms with Gasteiger partial charge in [0.05, 0.1) is 27.9 Å². The summed E-state index contributed by atoms with van der Waals surface area (Å²) in [6, 6.07) is 70.1. The SMILES string of the molecule is c1ccc(-c2nc(-c3cccc(-c4c(-c5ccccc5)nn5c(-c6ccccc6)cc6ccccc6c45)c3)cc(-n3c4ccccc4c4ccccc43)n2)cc1. The molecule has 0 spiro atoms. The van der Waals surface area contributed by atoms with E-state index in [2.05, 4.69) is 191 Å². The van der Waals surface area contributed by atoms with Crippen molar-refractivity contribution in [3.05, 3.63) is 200 Å². The van der Waals surface area contributed by atoms with E-state index in [0.29, 0.717) is 5.82 Å². The zero-order valence-electron chi connectivity index (χ0n) is 30.3. The second-order valence-corrected chi connectivity index (χ2v) is 14.1. The standard InChI is InChI=1S/C51H33N5/c1-4-17-34(18-5-1)46-32-37-23-10-11-26-40(37)50-48(49(54-56(46)50)35-19-6-2-7-20-35)39-25-16-24-38(31-39)43-33-47(53-51(52-43)36-21-8-3-9-22-36)55-44-29-14-12-27-41(44)42-28-13-15-30-45(42)55/h1-33H. The number of pyridine rings is 1. The van der Waals surface area contributed by atoms with Gasteiger partial charge in [-0.3, -0.25) is 4.57 Å². The summed E-state index contributed by atoms with van der Waals surface area (Å²) in [6.45, 7) is 0. The van der Waals surface area contributed by atoms with Crippen molar-refractivity contribution in [2.24, 2.45) is 0 Å². The molecule has 262 valence electrons. The molecule has 5 heteroatoms. The Bertz CT molecular complexity index is 3180. The minimum absolute atomic E-state index is 0.671. The third kappa shape index (κ3) is 5.21. The number of fused-ring (bicyclic) bond motifs is 6. The van der Waals surface area contributed by atoms with Crippen molar-refractivity contribution in [3.63, 3.8) is 0 Å². The number of rotatable bonds is 6. The predicted octanol–water partition coefficient (Wildman–Crippen LogP) is 12.7. The van der Waals surface area contributed by atoms with Crippen molar-refractivity contribution in [2.45, 2.75) is 0 Å². The Morgan fingerprint density at radius 1 is 0.393 bits per heavy atom. The lowest BCUT2D eigenvalue weighted by atomic mass is 9.95.